The Morgan fingerprint density at radius 2 is 2.07 bits per heavy atom. The van der Waals surface area contributed by atoms with Crippen LogP contribution in [-0.2, 0) is 5.54 Å². The van der Waals surface area contributed by atoms with E-state index in [4.69, 9.17) is 0 Å². The van der Waals surface area contributed by atoms with Crippen molar-refractivity contribution in [2.75, 3.05) is 0 Å². The van der Waals surface area contributed by atoms with Gasteiger partial charge in [0.2, 0.25) is 5.78 Å². The van der Waals surface area contributed by atoms with Crippen LogP contribution in [-0.4, -0.2) is 22.0 Å². The highest BCUT2D eigenvalue weighted by atomic mass is 19.3. The molecule has 0 saturated carbocycles. The fourth-order valence-electron chi connectivity index (χ4n) is 0.943. The Kier molecular flexibility index (Phi) is 2.69. The lowest BCUT2D eigenvalue weighted by Crippen LogP contribution is -2.22. The van der Waals surface area contributed by atoms with E-state index in [-0.39, 0.29) is 11.1 Å². The Morgan fingerprint density at radius 1 is 1.50 bits per heavy atom. The second-order valence-corrected chi connectivity index (χ2v) is 4.01. The monoisotopic (exact) mass is 202 g/mol. The molecule has 0 radical (unpaired) electrons. The Balaban J connectivity index is 2.95. The highest BCUT2D eigenvalue weighted by Crippen LogP contribution is 2.14. The summed E-state index contributed by atoms with van der Waals surface area (Å²) in [6.07, 6.45) is -0.457. The molecule has 0 atom stereocenters. The second-order valence-electron chi connectivity index (χ2n) is 4.01. The Morgan fingerprint density at radius 3 is 2.43 bits per heavy atom. The largest absolute Gasteiger partial charge is 0.300 e. The average molecular weight is 202 g/mol. The first kappa shape index (κ1) is 10.8. The van der Waals surface area contributed by atoms with Crippen molar-refractivity contribution in [3.63, 3.8) is 0 Å². The summed E-state index contributed by atoms with van der Waals surface area (Å²) < 4.78 is 25.6. The van der Waals surface area contributed by atoms with Crippen LogP contribution in [0.5, 0.6) is 0 Å². The van der Waals surface area contributed by atoms with Gasteiger partial charge in [0.15, 0.2) is 0 Å². The van der Waals surface area contributed by atoms with Crippen molar-refractivity contribution >= 4 is 5.78 Å². The van der Waals surface area contributed by atoms with Crippen LogP contribution >= 0.6 is 0 Å². The molecule has 1 aromatic heterocycles. The Bertz CT molecular complexity index is 339. The van der Waals surface area contributed by atoms with E-state index in [2.05, 4.69) is 5.10 Å². The second kappa shape index (κ2) is 3.48. The van der Waals surface area contributed by atoms with E-state index in [1.54, 1.807) is 0 Å². The molecule has 0 amide bonds. The molecule has 0 saturated heterocycles. The summed E-state index contributed by atoms with van der Waals surface area (Å²) in [5.74, 6) is -1.18. The standard InChI is InChI=1S/C9H12F2N2O/c1-9(2,3)13-5-6(4-12-13)7(14)8(10)11/h4-5,8H,1-3H3. The van der Waals surface area contributed by atoms with Gasteiger partial charge in [0, 0.05) is 6.20 Å². The van der Waals surface area contributed by atoms with E-state index in [9.17, 15) is 13.6 Å². The maximum Gasteiger partial charge on any atom is 0.300 e. The van der Waals surface area contributed by atoms with Crippen molar-refractivity contribution in [3.8, 4) is 0 Å². The molecule has 0 spiro atoms. The third kappa shape index (κ3) is 2.16. The van der Waals surface area contributed by atoms with Gasteiger partial charge < -0.3 is 0 Å². The van der Waals surface area contributed by atoms with E-state index in [0.717, 1.165) is 0 Å². The van der Waals surface area contributed by atoms with Crippen LogP contribution in [0.15, 0.2) is 12.4 Å². The first-order valence-corrected chi connectivity index (χ1v) is 4.20. The van der Waals surface area contributed by atoms with Gasteiger partial charge in [-0.3, -0.25) is 9.48 Å². The maximum absolute atomic E-state index is 12.0. The first-order chi connectivity index (χ1) is 6.32. The number of ketones is 1. The summed E-state index contributed by atoms with van der Waals surface area (Å²) in [6, 6.07) is 0. The molecule has 5 heteroatoms. The van der Waals surface area contributed by atoms with Crippen LogP contribution < -0.4 is 0 Å². The predicted molar refractivity (Wildman–Crippen MR) is 47.6 cm³/mol. The molecule has 78 valence electrons. The van der Waals surface area contributed by atoms with Crippen molar-refractivity contribution in [2.45, 2.75) is 32.7 Å². The van der Waals surface area contributed by atoms with E-state index in [1.807, 2.05) is 20.8 Å². The molecule has 0 bridgehead atoms. The molecule has 0 aromatic carbocycles. The van der Waals surface area contributed by atoms with Crippen molar-refractivity contribution in [1.29, 1.82) is 0 Å². The van der Waals surface area contributed by atoms with Crippen molar-refractivity contribution in [1.82, 2.24) is 9.78 Å². The molecule has 1 heterocycles. The smallest absolute Gasteiger partial charge is 0.288 e. The third-order valence-corrected chi connectivity index (χ3v) is 1.75. The van der Waals surface area contributed by atoms with E-state index in [0.29, 0.717) is 0 Å². The first-order valence-electron chi connectivity index (χ1n) is 4.20. The molecule has 3 nitrogen and oxygen atoms in total. The SMILES string of the molecule is CC(C)(C)n1cc(C(=O)C(F)F)cn1. The molecular weight excluding hydrogens is 190 g/mol. The minimum Gasteiger partial charge on any atom is -0.288 e. The van der Waals surface area contributed by atoms with Gasteiger partial charge >= 0.3 is 6.43 Å². The van der Waals surface area contributed by atoms with Gasteiger partial charge in [0.25, 0.3) is 0 Å². The molecule has 1 aromatic rings. The zero-order valence-corrected chi connectivity index (χ0v) is 8.29. The molecule has 14 heavy (non-hydrogen) atoms. The summed E-state index contributed by atoms with van der Waals surface area (Å²) >= 11 is 0. The average Bonchev–Trinajstić information content (AvgIpc) is 2.49. The van der Waals surface area contributed by atoms with Crippen LogP contribution in [0.3, 0.4) is 0 Å². The minimum absolute atomic E-state index is 0.0464. The van der Waals surface area contributed by atoms with Gasteiger partial charge in [-0.05, 0) is 20.8 Å². The van der Waals surface area contributed by atoms with Crippen molar-refractivity contribution < 1.29 is 13.6 Å². The fourth-order valence-corrected chi connectivity index (χ4v) is 0.943. The number of Topliss-reactive ketones (excluding diaryl/α,β-unsaturated/α-hetero) is 1. The van der Waals surface area contributed by atoms with Crippen molar-refractivity contribution in [2.24, 2.45) is 0 Å². The zero-order valence-electron chi connectivity index (χ0n) is 8.29. The summed E-state index contributed by atoms with van der Waals surface area (Å²) in [7, 11) is 0. The number of carbonyl (C=O) groups excluding carboxylic acids is 1. The van der Waals surface area contributed by atoms with Gasteiger partial charge in [0.05, 0.1) is 17.3 Å². The van der Waals surface area contributed by atoms with Crippen LogP contribution in [0.4, 0.5) is 8.78 Å². The van der Waals surface area contributed by atoms with Gasteiger partial charge in [-0.15, -0.1) is 0 Å². The van der Waals surface area contributed by atoms with Crippen molar-refractivity contribution in [3.05, 3.63) is 18.0 Å². The predicted octanol–water partition coefficient (Wildman–Crippen LogP) is 2.09. The quantitative estimate of drug-likeness (QED) is 0.688. The molecule has 0 N–H and O–H groups in total. The number of aromatic nitrogens is 2. The van der Waals surface area contributed by atoms with Gasteiger partial charge in [-0.25, -0.2) is 8.78 Å². The van der Waals surface area contributed by atoms with E-state index >= 15 is 0 Å². The van der Waals surface area contributed by atoms with Crippen LogP contribution in [0, 0.1) is 0 Å². The van der Waals surface area contributed by atoms with Crippen LogP contribution in [0.1, 0.15) is 31.1 Å². The summed E-state index contributed by atoms with van der Waals surface area (Å²) in [5.41, 5.74) is -0.351. The van der Waals surface area contributed by atoms with E-state index in [1.165, 1.54) is 17.1 Å². The van der Waals surface area contributed by atoms with E-state index < -0.39 is 12.2 Å². The molecule has 0 aliphatic carbocycles. The molecule has 0 aliphatic heterocycles. The number of carbonyl (C=O) groups is 1. The number of hydrogen-bond donors (Lipinski definition) is 0. The highest BCUT2D eigenvalue weighted by Gasteiger charge is 2.21. The summed E-state index contributed by atoms with van der Waals surface area (Å²) in [4.78, 5) is 10.9. The zero-order chi connectivity index (χ0) is 10.9. The third-order valence-electron chi connectivity index (χ3n) is 1.75. The fraction of sp³-hybridized carbons (Fsp3) is 0.556. The lowest BCUT2D eigenvalue weighted by molar-refractivity contribution is 0.0678. The number of halogens is 2. The Labute approximate surface area is 80.7 Å². The lowest BCUT2D eigenvalue weighted by Gasteiger charge is -2.18. The number of nitrogens with zero attached hydrogens (tertiary/aromatic N) is 2. The number of alkyl halides is 2. The molecule has 0 fully saturated rings. The lowest BCUT2D eigenvalue weighted by atomic mass is 10.1. The normalized spacial score (nSPS) is 12.1. The van der Waals surface area contributed by atoms with Crippen LogP contribution in [0.2, 0.25) is 0 Å². The number of hydrogen-bond acceptors (Lipinski definition) is 2. The van der Waals surface area contributed by atoms with Gasteiger partial charge in [-0.2, -0.15) is 5.10 Å². The van der Waals surface area contributed by atoms with Gasteiger partial charge in [0.1, 0.15) is 0 Å². The minimum atomic E-state index is -2.97. The maximum atomic E-state index is 12.0. The highest BCUT2D eigenvalue weighted by molar-refractivity contribution is 5.97. The Hall–Kier alpha value is -1.26. The molecular formula is C9H12F2N2O. The molecule has 1 rings (SSSR count). The number of rotatable bonds is 2. The topological polar surface area (TPSA) is 34.9 Å². The van der Waals surface area contributed by atoms with Gasteiger partial charge in [-0.1, -0.05) is 0 Å². The molecule has 0 unspecified atom stereocenters. The van der Waals surface area contributed by atoms with Crippen LogP contribution in [0.25, 0.3) is 0 Å². The summed E-state index contributed by atoms with van der Waals surface area (Å²) in [6.45, 7) is 5.61. The molecule has 0 aliphatic rings. The summed E-state index contributed by atoms with van der Waals surface area (Å²) in [5, 5.41) is 3.85.